The molecule has 0 aliphatic carbocycles. The number of hydrogen-bond donors (Lipinski definition) is 0. The van der Waals surface area contributed by atoms with Crippen LogP contribution in [0.4, 0.5) is 0 Å². The van der Waals surface area contributed by atoms with E-state index in [0.29, 0.717) is 24.6 Å². The summed E-state index contributed by atoms with van der Waals surface area (Å²) in [7, 11) is 0. The molecule has 0 aliphatic heterocycles. The van der Waals surface area contributed by atoms with Crippen molar-refractivity contribution in [3.05, 3.63) is 23.3 Å². The van der Waals surface area contributed by atoms with Crippen molar-refractivity contribution in [2.24, 2.45) is 0 Å². The number of esters is 1. The number of nitrogens with zero attached hydrogens (tertiary/aromatic N) is 5. The molecule has 0 fully saturated rings. The topological polar surface area (TPSA) is 89.7 Å². The lowest BCUT2D eigenvalue weighted by molar-refractivity contribution is -0.151. The van der Waals surface area contributed by atoms with E-state index in [0.717, 1.165) is 11.3 Å². The Morgan fingerprint density at radius 3 is 2.61 bits per heavy atom. The standard InChI is InChI=1S/C15H21N5O3/c1-5-19(6-2)13(21)8-23-14(22)7-12-10(3)18-15-16-9-17-20(15)11(12)4/h9H,5-8H2,1-4H3. The number of fused-ring (bicyclic) bond motifs is 1. The highest BCUT2D eigenvalue weighted by Crippen LogP contribution is 2.14. The molecule has 0 radical (unpaired) electrons. The largest absolute Gasteiger partial charge is 0.455 e. The van der Waals surface area contributed by atoms with E-state index in [4.69, 9.17) is 4.74 Å². The quantitative estimate of drug-likeness (QED) is 0.728. The summed E-state index contributed by atoms with van der Waals surface area (Å²) in [6.07, 6.45) is 1.46. The number of aryl methyl sites for hydroxylation is 2. The first-order chi connectivity index (χ1) is 11.0. The average molecular weight is 319 g/mol. The summed E-state index contributed by atoms with van der Waals surface area (Å²) in [5.41, 5.74) is 2.23. The van der Waals surface area contributed by atoms with Gasteiger partial charge in [-0.3, -0.25) is 9.59 Å². The van der Waals surface area contributed by atoms with Crippen LogP contribution < -0.4 is 0 Å². The van der Waals surface area contributed by atoms with Gasteiger partial charge in [0, 0.05) is 30.0 Å². The first-order valence-electron chi connectivity index (χ1n) is 7.57. The van der Waals surface area contributed by atoms with Crippen molar-refractivity contribution in [2.75, 3.05) is 19.7 Å². The Hall–Kier alpha value is -2.51. The summed E-state index contributed by atoms with van der Waals surface area (Å²) in [6, 6.07) is 0. The second-order valence-corrected chi connectivity index (χ2v) is 5.14. The molecule has 0 N–H and O–H groups in total. The number of aromatic nitrogens is 4. The third-order valence-corrected chi connectivity index (χ3v) is 3.78. The molecule has 2 rings (SSSR count). The van der Waals surface area contributed by atoms with E-state index < -0.39 is 5.97 Å². The SMILES string of the molecule is CCN(CC)C(=O)COC(=O)Cc1c(C)nc2ncnn2c1C. The average Bonchev–Trinajstić information content (AvgIpc) is 2.99. The minimum atomic E-state index is -0.460. The van der Waals surface area contributed by atoms with Crippen molar-refractivity contribution in [3.63, 3.8) is 0 Å². The maximum absolute atomic E-state index is 12.0. The Morgan fingerprint density at radius 2 is 1.96 bits per heavy atom. The maximum Gasteiger partial charge on any atom is 0.310 e. The predicted molar refractivity (Wildman–Crippen MR) is 82.8 cm³/mol. The first kappa shape index (κ1) is 16.9. The molecule has 124 valence electrons. The molecule has 0 saturated carbocycles. The monoisotopic (exact) mass is 319 g/mol. The van der Waals surface area contributed by atoms with E-state index in [-0.39, 0.29) is 18.9 Å². The molecule has 0 atom stereocenters. The van der Waals surface area contributed by atoms with Crippen LogP contribution in [0.5, 0.6) is 0 Å². The molecule has 0 aliphatic rings. The number of likely N-dealkylation sites (N-methyl/N-ethyl adjacent to an activating group) is 1. The van der Waals surface area contributed by atoms with Crippen LogP contribution in [0.1, 0.15) is 30.8 Å². The summed E-state index contributed by atoms with van der Waals surface area (Å²) in [4.78, 5) is 33.8. The van der Waals surface area contributed by atoms with E-state index in [9.17, 15) is 9.59 Å². The molecule has 0 aromatic carbocycles. The van der Waals surface area contributed by atoms with E-state index in [1.807, 2.05) is 27.7 Å². The molecule has 23 heavy (non-hydrogen) atoms. The van der Waals surface area contributed by atoms with Crippen molar-refractivity contribution >= 4 is 17.7 Å². The van der Waals surface area contributed by atoms with Crippen molar-refractivity contribution < 1.29 is 14.3 Å². The number of hydrogen-bond acceptors (Lipinski definition) is 6. The van der Waals surface area contributed by atoms with Crippen LogP contribution in [-0.2, 0) is 20.7 Å². The molecular weight excluding hydrogens is 298 g/mol. The fraction of sp³-hybridized carbons (Fsp3) is 0.533. The van der Waals surface area contributed by atoms with Gasteiger partial charge in [0.15, 0.2) is 6.61 Å². The fourth-order valence-corrected chi connectivity index (χ4v) is 2.42. The summed E-state index contributed by atoms with van der Waals surface area (Å²) >= 11 is 0. The zero-order chi connectivity index (χ0) is 17.0. The Morgan fingerprint density at radius 1 is 1.26 bits per heavy atom. The van der Waals surface area contributed by atoms with Gasteiger partial charge in [-0.15, -0.1) is 0 Å². The number of amides is 1. The van der Waals surface area contributed by atoms with Gasteiger partial charge in [0.05, 0.1) is 6.42 Å². The number of rotatable bonds is 6. The summed E-state index contributed by atoms with van der Waals surface area (Å²) < 4.78 is 6.67. The van der Waals surface area contributed by atoms with Crippen LogP contribution in [0.2, 0.25) is 0 Å². The highest BCUT2D eigenvalue weighted by Gasteiger charge is 2.17. The lowest BCUT2D eigenvalue weighted by Gasteiger charge is -2.18. The Labute approximate surface area is 134 Å². The van der Waals surface area contributed by atoms with Crippen molar-refractivity contribution in [3.8, 4) is 0 Å². The molecule has 0 saturated heterocycles. The Balaban J connectivity index is 2.05. The molecule has 0 spiro atoms. The lowest BCUT2D eigenvalue weighted by Crippen LogP contribution is -2.34. The van der Waals surface area contributed by atoms with Crippen LogP contribution >= 0.6 is 0 Å². The van der Waals surface area contributed by atoms with Gasteiger partial charge in [-0.05, 0) is 27.7 Å². The first-order valence-corrected chi connectivity index (χ1v) is 7.57. The van der Waals surface area contributed by atoms with E-state index in [1.54, 1.807) is 9.42 Å². The molecule has 2 heterocycles. The maximum atomic E-state index is 12.0. The zero-order valence-corrected chi connectivity index (χ0v) is 13.9. The van der Waals surface area contributed by atoms with Crippen LogP contribution in [0.3, 0.4) is 0 Å². The van der Waals surface area contributed by atoms with Gasteiger partial charge in [0.25, 0.3) is 11.7 Å². The highest BCUT2D eigenvalue weighted by atomic mass is 16.5. The second-order valence-electron chi connectivity index (χ2n) is 5.14. The molecule has 0 bridgehead atoms. The predicted octanol–water partition coefficient (Wildman–Crippen LogP) is 0.695. The molecule has 0 unspecified atom stereocenters. The third kappa shape index (κ3) is 3.64. The number of carbonyl (C=O) groups is 2. The van der Waals surface area contributed by atoms with Gasteiger partial charge in [0.2, 0.25) is 0 Å². The van der Waals surface area contributed by atoms with Crippen molar-refractivity contribution in [1.82, 2.24) is 24.5 Å². The summed E-state index contributed by atoms with van der Waals surface area (Å²) in [6.45, 7) is 8.38. The lowest BCUT2D eigenvalue weighted by atomic mass is 10.1. The minimum Gasteiger partial charge on any atom is -0.455 e. The van der Waals surface area contributed by atoms with Gasteiger partial charge in [-0.25, -0.2) is 9.50 Å². The summed E-state index contributed by atoms with van der Waals surface area (Å²) in [5.74, 6) is -0.159. The fourth-order valence-electron chi connectivity index (χ4n) is 2.42. The molecule has 2 aromatic heterocycles. The van der Waals surface area contributed by atoms with E-state index in [2.05, 4.69) is 15.1 Å². The smallest absolute Gasteiger partial charge is 0.310 e. The van der Waals surface area contributed by atoms with E-state index >= 15 is 0 Å². The van der Waals surface area contributed by atoms with Crippen LogP contribution in [0.15, 0.2) is 6.33 Å². The highest BCUT2D eigenvalue weighted by molar-refractivity contribution is 5.81. The zero-order valence-electron chi connectivity index (χ0n) is 13.9. The minimum absolute atomic E-state index is 0.0476. The Kier molecular flexibility index (Phi) is 5.25. The van der Waals surface area contributed by atoms with Crippen molar-refractivity contribution in [2.45, 2.75) is 34.1 Å². The Bertz CT molecular complexity index is 721. The van der Waals surface area contributed by atoms with Gasteiger partial charge in [-0.1, -0.05) is 0 Å². The van der Waals surface area contributed by atoms with Crippen LogP contribution in [-0.4, -0.2) is 56.1 Å². The number of carbonyl (C=O) groups excluding carboxylic acids is 2. The second kappa shape index (κ2) is 7.17. The molecular formula is C15H21N5O3. The van der Waals surface area contributed by atoms with Gasteiger partial charge in [0.1, 0.15) is 6.33 Å². The van der Waals surface area contributed by atoms with Crippen molar-refractivity contribution in [1.29, 1.82) is 0 Å². The molecule has 8 nitrogen and oxygen atoms in total. The molecule has 8 heteroatoms. The van der Waals surface area contributed by atoms with E-state index in [1.165, 1.54) is 6.33 Å². The summed E-state index contributed by atoms with van der Waals surface area (Å²) in [5, 5.41) is 4.08. The van der Waals surface area contributed by atoms with Crippen LogP contribution in [0.25, 0.3) is 5.78 Å². The normalized spacial score (nSPS) is 10.8. The van der Waals surface area contributed by atoms with Gasteiger partial charge >= 0.3 is 5.97 Å². The third-order valence-electron chi connectivity index (χ3n) is 3.78. The molecule has 2 aromatic rings. The van der Waals surface area contributed by atoms with Crippen LogP contribution in [0, 0.1) is 13.8 Å². The van der Waals surface area contributed by atoms with Gasteiger partial charge in [-0.2, -0.15) is 10.1 Å². The van der Waals surface area contributed by atoms with Gasteiger partial charge < -0.3 is 9.64 Å². The molecule has 1 amide bonds. The number of ether oxygens (including phenoxy) is 1.